The van der Waals surface area contributed by atoms with Crippen LogP contribution in [0.2, 0.25) is 5.02 Å². The van der Waals surface area contributed by atoms with Gasteiger partial charge in [-0.1, -0.05) is 17.7 Å². The van der Waals surface area contributed by atoms with E-state index in [4.69, 9.17) is 21.4 Å². The predicted molar refractivity (Wildman–Crippen MR) is 151 cm³/mol. The minimum atomic E-state index is -0.822. The molecule has 210 valence electrons. The average molecular weight is 569 g/mol. The van der Waals surface area contributed by atoms with Crippen molar-refractivity contribution in [3.8, 4) is 6.01 Å². The Hall–Kier alpha value is -3.80. The van der Waals surface area contributed by atoms with Crippen molar-refractivity contribution < 1.29 is 23.8 Å². The summed E-state index contributed by atoms with van der Waals surface area (Å²) in [4.78, 5) is 36.8. The van der Waals surface area contributed by atoms with E-state index in [0.29, 0.717) is 53.6 Å². The number of fused-ring (bicyclic) bond motifs is 1. The van der Waals surface area contributed by atoms with Crippen LogP contribution >= 0.6 is 11.6 Å². The molecule has 1 aliphatic carbocycles. The highest BCUT2D eigenvalue weighted by molar-refractivity contribution is 6.31. The van der Waals surface area contributed by atoms with Crippen molar-refractivity contribution in [2.75, 3.05) is 57.0 Å². The van der Waals surface area contributed by atoms with E-state index in [-0.39, 0.29) is 23.5 Å². The lowest BCUT2D eigenvalue weighted by molar-refractivity contribution is -0.138. The maximum absolute atomic E-state index is 13.7. The van der Waals surface area contributed by atoms with Gasteiger partial charge in [0, 0.05) is 55.6 Å². The van der Waals surface area contributed by atoms with Crippen LogP contribution in [0.25, 0.3) is 10.9 Å². The van der Waals surface area contributed by atoms with E-state index in [1.165, 1.54) is 25.3 Å². The normalized spacial score (nSPS) is 16.4. The van der Waals surface area contributed by atoms with E-state index in [2.05, 4.69) is 25.5 Å². The number of aliphatic carboxylic acids is 1. The number of nitrogens with zero attached hydrogens (tertiary/aromatic N) is 4. The summed E-state index contributed by atoms with van der Waals surface area (Å²) in [6.07, 6.45) is 5.40. The number of anilines is 3. The molecule has 1 amide bonds. The molecular weight excluding hydrogens is 539 g/mol. The summed E-state index contributed by atoms with van der Waals surface area (Å²) in [6, 6.07) is 8.27. The molecule has 0 radical (unpaired) electrons. The van der Waals surface area contributed by atoms with Crippen molar-refractivity contribution in [2.45, 2.75) is 18.8 Å². The SMILES string of the molecule is COc1nc(Nc2ccc(F)c(Cl)c2)c2cc(NC(=O)C=CCN3CCN(CC(=O)O)CC3)c(C3CC3)cc2n1. The lowest BCUT2D eigenvalue weighted by atomic mass is 10.0. The number of benzene rings is 2. The van der Waals surface area contributed by atoms with Crippen LogP contribution in [-0.4, -0.2) is 83.1 Å². The van der Waals surface area contributed by atoms with Crippen molar-refractivity contribution in [3.05, 3.63) is 58.9 Å². The first-order chi connectivity index (χ1) is 19.3. The standard InChI is InChI=1S/C28H30ClFN6O4/c1-40-28-33-24-14-19(17-4-5-17)23(15-20(24)27(34-28)31-18-6-7-22(30)21(29)13-18)32-25(37)3-2-8-35-9-11-36(12-10-35)16-26(38)39/h2-3,6-7,13-15,17H,4-5,8-12,16H2,1H3,(H,32,37)(H,38,39)(H,31,33,34). The van der Waals surface area contributed by atoms with E-state index in [1.807, 2.05) is 23.1 Å². The van der Waals surface area contributed by atoms with Gasteiger partial charge in [-0.2, -0.15) is 9.97 Å². The van der Waals surface area contributed by atoms with Crippen LogP contribution in [0.5, 0.6) is 6.01 Å². The Labute approximate surface area is 235 Å². The van der Waals surface area contributed by atoms with Gasteiger partial charge in [0.05, 0.1) is 24.2 Å². The first-order valence-corrected chi connectivity index (χ1v) is 13.4. The van der Waals surface area contributed by atoms with Crippen molar-refractivity contribution in [1.29, 1.82) is 0 Å². The number of aromatic nitrogens is 2. The molecule has 5 rings (SSSR count). The summed E-state index contributed by atoms with van der Waals surface area (Å²) in [5.74, 6) is -0.832. The van der Waals surface area contributed by atoms with Crippen molar-refractivity contribution in [1.82, 2.24) is 19.8 Å². The summed E-state index contributed by atoms with van der Waals surface area (Å²) in [6.45, 7) is 3.50. The van der Waals surface area contributed by atoms with Crippen LogP contribution in [0.3, 0.4) is 0 Å². The third-order valence-corrected chi connectivity index (χ3v) is 7.23. The molecule has 1 aromatic heterocycles. The zero-order valence-electron chi connectivity index (χ0n) is 22.0. The van der Waals surface area contributed by atoms with Crippen LogP contribution in [0.15, 0.2) is 42.5 Å². The average Bonchev–Trinajstić information content (AvgIpc) is 3.77. The number of ether oxygens (including phenoxy) is 1. The Balaban J connectivity index is 1.33. The number of piperazine rings is 1. The molecule has 10 nitrogen and oxygen atoms in total. The molecule has 0 atom stereocenters. The molecule has 40 heavy (non-hydrogen) atoms. The molecule has 1 saturated carbocycles. The predicted octanol–water partition coefficient (Wildman–Crippen LogP) is 4.25. The highest BCUT2D eigenvalue weighted by Gasteiger charge is 2.28. The fourth-order valence-corrected chi connectivity index (χ4v) is 4.89. The second-order valence-corrected chi connectivity index (χ2v) is 10.3. The Morgan fingerprint density at radius 2 is 1.90 bits per heavy atom. The zero-order valence-corrected chi connectivity index (χ0v) is 22.7. The number of hydrogen-bond acceptors (Lipinski definition) is 8. The fourth-order valence-electron chi connectivity index (χ4n) is 4.71. The summed E-state index contributed by atoms with van der Waals surface area (Å²) >= 11 is 5.96. The van der Waals surface area contributed by atoms with Crippen molar-refractivity contribution in [3.63, 3.8) is 0 Å². The molecule has 1 aliphatic heterocycles. The Bertz CT molecular complexity index is 1460. The molecule has 2 aromatic carbocycles. The van der Waals surface area contributed by atoms with Crippen LogP contribution in [0.1, 0.15) is 24.3 Å². The molecule has 2 heterocycles. The van der Waals surface area contributed by atoms with Gasteiger partial charge in [0.25, 0.3) is 0 Å². The van der Waals surface area contributed by atoms with E-state index >= 15 is 0 Å². The topological polar surface area (TPSA) is 120 Å². The van der Waals surface area contributed by atoms with Crippen LogP contribution in [0.4, 0.5) is 21.6 Å². The molecule has 0 bridgehead atoms. The summed E-state index contributed by atoms with van der Waals surface area (Å²) < 4.78 is 19.0. The van der Waals surface area contributed by atoms with Gasteiger partial charge in [-0.25, -0.2) is 4.39 Å². The minimum Gasteiger partial charge on any atom is -0.480 e. The fraction of sp³-hybridized carbons (Fsp3) is 0.357. The monoisotopic (exact) mass is 568 g/mol. The van der Waals surface area contributed by atoms with Gasteiger partial charge >= 0.3 is 12.0 Å². The van der Waals surface area contributed by atoms with Gasteiger partial charge < -0.3 is 20.5 Å². The number of methoxy groups -OCH3 is 1. The molecule has 1 saturated heterocycles. The molecule has 2 aliphatic rings. The van der Waals surface area contributed by atoms with Gasteiger partial charge in [0.15, 0.2) is 0 Å². The third kappa shape index (κ3) is 6.85. The van der Waals surface area contributed by atoms with Crippen LogP contribution in [-0.2, 0) is 9.59 Å². The Morgan fingerprint density at radius 1 is 1.15 bits per heavy atom. The number of rotatable bonds is 10. The molecular formula is C28H30ClFN6O4. The lowest BCUT2D eigenvalue weighted by Crippen LogP contribution is -2.47. The van der Waals surface area contributed by atoms with Crippen molar-refractivity contribution in [2.24, 2.45) is 0 Å². The quantitative estimate of drug-likeness (QED) is 0.308. The van der Waals surface area contributed by atoms with E-state index in [0.717, 1.165) is 31.5 Å². The molecule has 0 unspecified atom stereocenters. The Kier molecular flexibility index (Phi) is 8.43. The molecule has 12 heteroatoms. The Morgan fingerprint density at radius 3 is 2.58 bits per heavy atom. The highest BCUT2D eigenvalue weighted by Crippen LogP contribution is 2.45. The molecule has 3 N–H and O–H groups in total. The van der Waals surface area contributed by atoms with Gasteiger partial charge in [0.1, 0.15) is 11.6 Å². The highest BCUT2D eigenvalue weighted by atomic mass is 35.5. The van der Waals surface area contributed by atoms with E-state index < -0.39 is 11.8 Å². The smallest absolute Gasteiger partial charge is 0.318 e. The number of carbonyl (C=O) groups is 2. The van der Waals surface area contributed by atoms with E-state index in [9.17, 15) is 14.0 Å². The zero-order chi connectivity index (χ0) is 28.2. The maximum Gasteiger partial charge on any atom is 0.318 e. The van der Waals surface area contributed by atoms with Gasteiger partial charge in [0.2, 0.25) is 5.91 Å². The van der Waals surface area contributed by atoms with Crippen molar-refractivity contribution >= 4 is 51.6 Å². The third-order valence-electron chi connectivity index (χ3n) is 6.94. The number of carboxylic acids is 1. The first kappa shape index (κ1) is 27.8. The number of hydrogen-bond donors (Lipinski definition) is 3. The van der Waals surface area contributed by atoms with Gasteiger partial charge in [-0.05, 0) is 54.7 Å². The van der Waals surface area contributed by atoms with Gasteiger partial charge in [-0.3, -0.25) is 19.4 Å². The molecule has 0 spiro atoms. The van der Waals surface area contributed by atoms with E-state index in [1.54, 1.807) is 6.07 Å². The summed E-state index contributed by atoms with van der Waals surface area (Å²) in [5.41, 5.74) is 2.87. The number of carboxylic acid groups (broad SMARTS) is 1. The first-order valence-electron chi connectivity index (χ1n) is 13.0. The lowest BCUT2D eigenvalue weighted by Gasteiger charge is -2.33. The molecule has 3 aromatic rings. The van der Waals surface area contributed by atoms with Gasteiger partial charge in [-0.15, -0.1) is 0 Å². The van der Waals surface area contributed by atoms with Crippen LogP contribution in [0, 0.1) is 5.82 Å². The maximum atomic E-state index is 13.7. The summed E-state index contributed by atoms with van der Waals surface area (Å²) in [7, 11) is 1.48. The summed E-state index contributed by atoms with van der Waals surface area (Å²) in [5, 5.41) is 15.8. The number of halogens is 2. The number of carbonyl (C=O) groups excluding carboxylic acids is 1. The molecule has 2 fully saturated rings. The largest absolute Gasteiger partial charge is 0.480 e. The minimum absolute atomic E-state index is 0.0202. The van der Waals surface area contributed by atoms with Crippen LogP contribution < -0.4 is 15.4 Å². The number of nitrogens with one attached hydrogen (secondary N) is 2. The second-order valence-electron chi connectivity index (χ2n) is 9.91. The number of amides is 1. The second kappa shape index (κ2) is 12.2.